The van der Waals surface area contributed by atoms with Crippen LogP contribution in [0.15, 0.2) is 47.2 Å². The van der Waals surface area contributed by atoms with Gasteiger partial charge in [-0.1, -0.05) is 23.7 Å². The average molecular weight is 396 g/mol. The van der Waals surface area contributed by atoms with Gasteiger partial charge in [-0.3, -0.25) is 9.78 Å². The Morgan fingerprint density at radius 3 is 2.91 bits per heavy atom. The molecule has 1 atom stereocenters. The maximum atomic E-state index is 12.4. The average Bonchev–Trinajstić information content (AvgIpc) is 2.93. The zero-order chi connectivity index (χ0) is 15.7. The third kappa shape index (κ3) is 3.16. The van der Waals surface area contributed by atoms with Crippen molar-refractivity contribution in [1.29, 1.82) is 0 Å². The molecule has 1 N–H and O–H groups in total. The Kier molecular flexibility index (Phi) is 4.47. The molecule has 112 valence electrons. The van der Waals surface area contributed by atoms with Gasteiger partial charge in [0.1, 0.15) is 0 Å². The minimum Gasteiger partial charge on any atom is -0.345 e. The summed E-state index contributed by atoms with van der Waals surface area (Å²) in [5.74, 6) is -0.0967. The molecule has 3 rings (SSSR count). The van der Waals surface area contributed by atoms with Crippen LogP contribution < -0.4 is 5.32 Å². The standard InChI is InChI=1S/C16H12BrClN2OS/c1-9(10-3-2-4-11(18)5-10)20-16(21)14-6-12-13(17)7-19-8-15(12)22-14/h2-9H,1H3,(H,20,21)/t9-/m1/s1. The lowest BCUT2D eigenvalue weighted by atomic mass is 10.1. The largest absolute Gasteiger partial charge is 0.345 e. The number of halogens is 2. The Hall–Kier alpha value is -1.43. The fraction of sp³-hybridized carbons (Fsp3) is 0.125. The first-order valence-corrected chi connectivity index (χ1v) is 8.62. The van der Waals surface area contributed by atoms with Crippen LogP contribution in [0.4, 0.5) is 0 Å². The highest BCUT2D eigenvalue weighted by molar-refractivity contribution is 9.10. The summed E-state index contributed by atoms with van der Waals surface area (Å²) in [6.45, 7) is 1.94. The molecule has 3 nitrogen and oxygen atoms in total. The smallest absolute Gasteiger partial charge is 0.261 e. The summed E-state index contributed by atoms with van der Waals surface area (Å²) >= 11 is 10.9. The van der Waals surface area contributed by atoms with Crippen molar-refractivity contribution in [3.63, 3.8) is 0 Å². The molecular formula is C16H12BrClN2OS. The monoisotopic (exact) mass is 394 g/mol. The van der Waals surface area contributed by atoms with Gasteiger partial charge in [0.15, 0.2) is 0 Å². The predicted molar refractivity (Wildman–Crippen MR) is 94.7 cm³/mol. The van der Waals surface area contributed by atoms with E-state index in [1.54, 1.807) is 12.4 Å². The third-order valence-electron chi connectivity index (χ3n) is 3.32. The highest BCUT2D eigenvalue weighted by atomic mass is 79.9. The maximum absolute atomic E-state index is 12.4. The first-order chi connectivity index (χ1) is 10.5. The van der Waals surface area contributed by atoms with Crippen LogP contribution >= 0.6 is 38.9 Å². The van der Waals surface area contributed by atoms with Gasteiger partial charge in [-0.25, -0.2) is 0 Å². The summed E-state index contributed by atoms with van der Waals surface area (Å²) in [4.78, 5) is 17.2. The molecule has 0 unspecified atom stereocenters. The zero-order valence-electron chi connectivity index (χ0n) is 11.6. The van der Waals surface area contributed by atoms with E-state index in [0.29, 0.717) is 9.90 Å². The van der Waals surface area contributed by atoms with Crippen molar-refractivity contribution in [3.05, 3.63) is 62.7 Å². The second-order valence-corrected chi connectivity index (χ2v) is 7.27. The summed E-state index contributed by atoms with van der Waals surface area (Å²) in [7, 11) is 0. The van der Waals surface area contributed by atoms with E-state index in [1.165, 1.54) is 11.3 Å². The van der Waals surface area contributed by atoms with E-state index in [0.717, 1.165) is 20.1 Å². The number of nitrogens with one attached hydrogen (secondary N) is 1. The van der Waals surface area contributed by atoms with Gasteiger partial charge in [0.25, 0.3) is 5.91 Å². The van der Waals surface area contributed by atoms with Crippen LogP contribution in [0, 0.1) is 0 Å². The first-order valence-electron chi connectivity index (χ1n) is 6.64. The van der Waals surface area contributed by atoms with Crippen molar-refractivity contribution < 1.29 is 4.79 Å². The van der Waals surface area contributed by atoms with E-state index in [2.05, 4.69) is 26.2 Å². The fourth-order valence-corrected chi connectivity index (χ4v) is 3.90. The number of aromatic nitrogens is 1. The van der Waals surface area contributed by atoms with Crippen LogP contribution in [-0.4, -0.2) is 10.9 Å². The Balaban J connectivity index is 1.82. The van der Waals surface area contributed by atoms with Gasteiger partial charge < -0.3 is 5.32 Å². The van der Waals surface area contributed by atoms with E-state index in [4.69, 9.17) is 11.6 Å². The van der Waals surface area contributed by atoms with Gasteiger partial charge in [-0.05, 0) is 46.6 Å². The SMILES string of the molecule is C[C@@H](NC(=O)c1cc2c(Br)cncc2s1)c1cccc(Cl)c1. The molecule has 2 aromatic heterocycles. The highest BCUT2D eigenvalue weighted by Crippen LogP contribution is 2.30. The second-order valence-electron chi connectivity index (χ2n) is 4.89. The number of rotatable bonds is 3. The van der Waals surface area contributed by atoms with E-state index in [-0.39, 0.29) is 11.9 Å². The molecule has 0 radical (unpaired) electrons. The molecule has 3 aromatic rings. The van der Waals surface area contributed by atoms with Crippen LogP contribution in [-0.2, 0) is 0 Å². The van der Waals surface area contributed by atoms with Crippen LogP contribution in [0.5, 0.6) is 0 Å². The molecule has 0 bridgehead atoms. The van der Waals surface area contributed by atoms with Crippen LogP contribution in [0.25, 0.3) is 10.1 Å². The minimum atomic E-state index is -0.113. The third-order valence-corrected chi connectivity index (χ3v) is 5.25. The maximum Gasteiger partial charge on any atom is 0.261 e. The summed E-state index contributed by atoms with van der Waals surface area (Å²) in [5.41, 5.74) is 0.977. The Labute approximate surface area is 145 Å². The fourth-order valence-electron chi connectivity index (χ4n) is 2.17. The number of pyridine rings is 1. The van der Waals surface area contributed by atoms with E-state index < -0.39 is 0 Å². The number of carbonyl (C=O) groups is 1. The predicted octanol–water partition coefficient (Wildman–Crippen LogP) is 5.20. The molecule has 0 spiro atoms. The Morgan fingerprint density at radius 2 is 2.18 bits per heavy atom. The molecule has 0 aliphatic heterocycles. The number of carbonyl (C=O) groups excluding carboxylic acids is 1. The quantitative estimate of drug-likeness (QED) is 0.662. The summed E-state index contributed by atoms with van der Waals surface area (Å²) in [6.07, 6.45) is 3.49. The zero-order valence-corrected chi connectivity index (χ0v) is 14.8. The van der Waals surface area contributed by atoms with Crippen LogP contribution in [0.3, 0.4) is 0 Å². The van der Waals surface area contributed by atoms with Crippen molar-refractivity contribution in [2.75, 3.05) is 0 Å². The van der Waals surface area contributed by atoms with Crippen molar-refractivity contribution in [2.45, 2.75) is 13.0 Å². The van der Waals surface area contributed by atoms with E-state index in [1.807, 2.05) is 37.3 Å². The lowest BCUT2D eigenvalue weighted by molar-refractivity contribution is 0.0944. The van der Waals surface area contributed by atoms with Gasteiger partial charge >= 0.3 is 0 Å². The van der Waals surface area contributed by atoms with Crippen molar-refractivity contribution in [2.24, 2.45) is 0 Å². The van der Waals surface area contributed by atoms with Gasteiger partial charge in [-0.15, -0.1) is 11.3 Å². The summed E-state index contributed by atoms with van der Waals surface area (Å²) < 4.78 is 1.87. The summed E-state index contributed by atoms with van der Waals surface area (Å²) in [6, 6.07) is 9.27. The molecule has 1 amide bonds. The normalized spacial score (nSPS) is 12.3. The molecule has 22 heavy (non-hydrogen) atoms. The molecule has 0 fully saturated rings. The Bertz CT molecular complexity index is 849. The van der Waals surface area contributed by atoms with Gasteiger partial charge in [0.05, 0.1) is 15.6 Å². The summed E-state index contributed by atoms with van der Waals surface area (Å²) in [5, 5.41) is 4.66. The number of amides is 1. The number of fused-ring (bicyclic) bond motifs is 1. The second kappa shape index (κ2) is 6.36. The molecule has 6 heteroatoms. The van der Waals surface area contributed by atoms with E-state index >= 15 is 0 Å². The molecule has 1 aromatic carbocycles. The lowest BCUT2D eigenvalue weighted by Crippen LogP contribution is -2.25. The van der Waals surface area contributed by atoms with Crippen molar-refractivity contribution in [1.82, 2.24) is 10.3 Å². The number of hydrogen-bond donors (Lipinski definition) is 1. The van der Waals surface area contributed by atoms with Gasteiger partial charge in [0.2, 0.25) is 0 Å². The molecule has 0 aliphatic rings. The number of hydrogen-bond acceptors (Lipinski definition) is 3. The number of thiophene rings is 1. The molecule has 0 saturated heterocycles. The van der Waals surface area contributed by atoms with Crippen molar-refractivity contribution >= 4 is 54.9 Å². The van der Waals surface area contributed by atoms with Crippen molar-refractivity contribution in [3.8, 4) is 0 Å². The van der Waals surface area contributed by atoms with Gasteiger partial charge in [0, 0.05) is 27.3 Å². The molecule has 0 saturated carbocycles. The molecule has 2 heterocycles. The Morgan fingerprint density at radius 1 is 1.36 bits per heavy atom. The van der Waals surface area contributed by atoms with E-state index in [9.17, 15) is 4.79 Å². The lowest BCUT2D eigenvalue weighted by Gasteiger charge is -2.13. The highest BCUT2D eigenvalue weighted by Gasteiger charge is 2.15. The van der Waals surface area contributed by atoms with Gasteiger partial charge in [-0.2, -0.15) is 0 Å². The van der Waals surface area contributed by atoms with Crippen LogP contribution in [0.2, 0.25) is 5.02 Å². The topological polar surface area (TPSA) is 42.0 Å². The minimum absolute atomic E-state index is 0.0967. The molecule has 0 aliphatic carbocycles. The van der Waals surface area contributed by atoms with Crippen LogP contribution in [0.1, 0.15) is 28.2 Å². The molecular weight excluding hydrogens is 384 g/mol. The number of nitrogens with zero attached hydrogens (tertiary/aromatic N) is 1. The number of benzene rings is 1. The first kappa shape index (κ1) is 15.5.